The number of fused-ring (bicyclic) bond motifs is 3. The van der Waals surface area contributed by atoms with Gasteiger partial charge in [-0.25, -0.2) is 4.79 Å². The highest BCUT2D eigenvalue weighted by molar-refractivity contribution is 7.86. The molecule has 5 aromatic rings. The van der Waals surface area contributed by atoms with Gasteiger partial charge in [-0.15, -0.1) is 20.4 Å². The van der Waals surface area contributed by atoms with Gasteiger partial charge in [0.2, 0.25) is 19.5 Å². The van der Waals surface area contributed by atoms with Crippen LogP contribution in [0.1, 0.15) is 0 Å². The van der Waals surface area contributed by atoms with E-state index in [4.69, 9.17) is 7.98 Å². The molecule has 0 amide bonds. The maximum Gasteiger partial charge on any atom is 0.328 e. The number of anilines is 1. The maximum atomic E-state index is 12.1. The van der Waals surface area contributed by atoms with Crippen molar-refractivity contribution >= 4 is 57.0 Å². The van der Waals surface area contributed by atoms with E-state index in [2.05, 4.69) is 20.4 Å². The van der Waals surface area contributed by atoms with Crippen molar-refractivity contribution in [3.05, 3.63) is 69.4 Å². The Morgan fingerprint density at radius 3 is 2.49 bits per heavy atom. The van der Waals surface area contributed by atoms with Gasteiger partial charge in [0.1, 0.15) is 21.6 Å². The number of H-pyrrole nitrogens is 2. The zero-order valence-corrected chi connectivity index (χ0v) is 19.6. The molecule has 0 aliphatic rings. The zero-order chi connectivity index (χ0) is 26.5. The molecule has 0 saturated carbocycles. The van der Waals surface area contributed by atoms with Crippen molar-refractivity contribution in [2.24, 2.45) is 10.2 Å². The number of nitrogens with one attached hydrogen (secondary N) is 2. The van der Waals surface area contributed by atoms with Crippen molar-refractivity contribution in [3.63, 3.8) is 0 Å². The number of aromatic hydroxyl groups is 1. The summed E-state index contributed by atoms with van der Waals surface area (Å²) in [5.74, 6) is -0.869. The third-order valence-electron chi connectivity index (χ3n) is 5.37. The Bertz CT molecular complexity index is 1960. The lowest BCUT2D eigenvalue weighted by molar-refractivity contribution is 0.450. The molecule has 0 spiro atoms. The lowest BCUT2D eigenvalue weighted by Gasteiger charge is -2.13. The molecule has 184 valence electrons. The minimum absolute atomic E-state index is 0.174. The largest absolute Gasteiger partial charge is 0.493 e. The quantitative estimate of drug-likeness (QED) is 0.152. The van der Waals surface area contributed by atoms with Crippen LogP contribution in [-0.4, -0.2) is 58.1 Å². The SMILES string of the molecule is [B]N(C)c1ccc2ccc3nn(-c4ccc(N=Nc5c(O)[nH]c(=O)[nH]c5=O)c(S(=O)(=O)O)c4)nc3c2c1. The van der Waals surface area contributed by atoms with Crippen molar-refractivity contribution in [3.8, 4) is 11.6 Å². The first kappa shape index (κ1) is 23.9. The van der Waals surface area contributed by atoms with Crippen molar-refractivity contribution in [2.75, 3.05) is 11.9 Å². The molecule has 5 rings (SSSR count). The zero-order valence-electron chi connectivity index (χ0n) is 18.8. The van der Waals surface area contributed by atoms with E-state index >= 15 is 0 Å². The standard InChI is InChI=1S/C21H15BN8O6S/c1-29(22)11-4-2-10-3-6-15-17(13(10)8-11)28-30(27-15)12-5-7-14(16(9-12)37(34,35)36)25-26-18-19(31)23-21(33)24-20(18)32/h2-9H,1H3,(H,34,35,36)(H3,23,24,31,32,33). The van der Waals surface area contributed by atoms with Gasteiger partial charge < -0.3 is 9.92 Å². The summed E-state index contributed by atoms with van der Waals surface area (Å²) < 4.78 is 34.0. The smallest absolute Gasteiger partial charge is 0.328 e. The average Bonchev–Trinajstić information content (AvgIpc) is 3.27. The predicted octanol–water partition coefficient (Wildman–Crippen LogP) is 1.84. The van der Waals surface area contributed by atoms with Crippen LogP contribution < -0.4 is 16.1 Å². The topological polar surface area (TPSA) is 199 Å². The second-order valence-corrected chi connectivity index (χ2v) is 9.26. The first-order valence-corrected chi connectivity index (χ1v) is 11.8. The summed E-state index contributed by atoms with van der Waals surface area (Å²) in [7, 11) is 2.72. The van der Waals surface area contributed by atoms with Gasteiger partial charge in [-0.3, -0.25) is 19.3 Å². The maximum absolute atomic E-state index is 12.1. The number of hydrogen-bond acceptors (Lipinski definition) is 10. The summed E-state index contributed by atoms with van der Waals surface area (Å²) in [6.45, 7) is 0. The van der Waals surface area contributed by atoms with Crippen LogP contribution in [0.5, 0.6) is 5.88 Å². The van der Waals surface area contributed by atoms with Gasteiger partial charge in [0.15, 0.2) is 0 Å². The molecule has 37 heavy (non-hydrogen) atoms. The fraction of sp³-hybridized carbons (Fsp3) is 0.0476. The summed E-state index contributed by atoms with van der Waals surface area (Å²) in [6, 6.07) is 12.9. The van der Waals surface area contributed by atoms with E-state index in [1.54, 1.807) is 13.1 Å². The number of benzene rings is 3. The van der Waals surface area contributed by atoms with Crippen LogP contribution >= 0.6 is 0 Å². The molecule has 0 aliphatic carbocycles. The Labute approximate surface area is 208 Å². The second kappa shape index (κ2) is 8.68. The molecule has 0 fully saturated rings. The minimum atomic E-state index is -4.82. The summed E-state index contributed by atoms with van der Waals surface area (Å²) in [4.78, 5) is 28.8. The van der Waals surface area contributed by atoms with E-state index in [9.17, 15) is 27.7 Å². The molecule has 4 N–H and O–H groups in total. The van der Waals surface area contributed by atoms with E-state index < -0.39 is 37.8 Å². The molecule has 0 saturated heterocycles. The predicted molar refractivity (Wildman–Crippen MR) is 134 cm³/mol. The molecule has 0 bridgehead atoms. The van der Waals surface area contributed by atoms with Gasteiger partial charge in [-0.1, -0.05) is 12.1 Å². The average molecular weight is 518 g/mol. The number of hydrogen-bond donors (Lipinski definition) is 4. The van der Waals surface area contributed by atoms with Crippen LogP contribution in [0.4, 0.5) is 17.1 Å². The first-order chi connectivity index (χ1) is 17.5. The van der Waals surface area contributed by atoms with E-state index in [0.29, 0.717) is 11.0 Å². The van der Waals surface area contributed by atoms with Crippen LogP contribution in [0, 0.1) is 0 Å². The van der Waals surface area contributed by atoms with Crippen LogP contribution in [-0.2, 0) is 10.1 Å². The van der Waals surface area contributed by atoms with Gasteiger partial charge in [0, 0.05) is 11.1 Å². The lowest BCUT2D eigenvalue weighted by Crippen LogP contribution is -2.20. The third-order valence-corrected chi connectivity index (χ3v) is 6.25. The Kier molecular flexibility index (Phi) is 5.61. The van der Waals surface area contributed by atoms with Crippen molar-refractivity contribution in [1.29, 1.82) is 0 Å². The van der Waals surface area contributed by atoms with Crippen molar-refractivity contribution < 1.29 is 18.1 Å². The molecule has 0 atom stereocenters. The summed E-state index contributed by atoms with van der Waals surface area (Å²) in [6.07, 6.45) is 0. The van der Waals surface area contributed by atoms with Gasteiger partial charge in [-0.05, 0) is 48.8 Å². The van der Waals surface area contributed by atoms with Gasteiger partial charge in [-0.2, -0.15) is 13.2 Å². The fourth-order valence-corrected chi connectivity index (χ4v) is 4.24. The van der Waals surface area contributed by atoms with Crippen molar-refractivity contribution in [2.45, 2.75) is 4.90 Å². The molecule has 14 nitrogen and oxygen atoms in total. The molecule has 2 radical (unpaired) electrons. The highest BCUT2D eigenvalue weighted by Crippen LogP contribution is 2.31. The number of nitrogens with zero attached hydrogens (tertiary/aromatic N) is 6. The first-order valence-electron chi connectivity index (χ1n) is 10.4. The van der Waals surface area contributed by atoms with E-state index in [0.717, 1.165) is 22.5 Å². The number of azo groups is 1. The van der Waals surface area contributed by atoms with E-state index in [1.807, 2.05) is 34.2 Å². The molecule has 2 heterocycles. The third kappa shape index (κ3) is 4.46. The molecule has 0 unspecified atom stereocenters. The van der Waals surface area contributed by atoms with E-state index in [1.165, 1.54) is 21.7 Å². The highest BCUT2D eigenvalue weighted by Gasteiger charge is 2.19. The van der Waals surface area contributed by atoms with Crippen LogP contribution in [0.25, 0.3) is 27.5 Å². The molecule has 0 aliphatic heterocycles. The summed E-state index contributed by atoms with van der Waals surface area (Å²) in [5, 5.41) is 27.5. The molecule has 16 heteroatoms. The van der Waals surface area contributed by atoms with Gasteiger partial charge in [0.25, 0.3) is 15.7 Å². The molecular formula is C21H15BN8O6S. The number of aromatic amines is 2. The Hall–Kier alpha value is -4.83. The lowest BCUT2D eigenvalue weighted by atomic mass is 10.1. The van der Waals surface area contributed by atoms with Crippen LogP contribution in [0.3, 0.4) is 0 Å². The Balaban J connectivity index is 1.62. The molecular weight excluding hydrogens is 503 g/mol. The van der Waals surface area contributed by atoms with Gasteiger partial charge in [0.05, 0.1) is 5.69 Å². The number of aromatic nitrogens is 5. The Morgan fingerprint density at radius 2 is 1.78 bits per heavy atom. The number of rotatable bonds is 5. The van der Waals surface area contributed by atoms with Crippen molar-refractivity contribution in [1.82, 2.24) is 25.0 Å². The normalized spacial score (nSPS) is 12.1. The summed E-state index contributed by atoms with van der Waals surface area (Å²) in [5.41, 5.74) is -1.08. The van der Waals surface area contributed by atoms with Crippen LogP contribution in [0.2, 0.25) is 0 Å². The molecule has 2 aromatic heterocycles. The van der Waals surface area contributed by atoms with Gasteiger partial charge >= 0.3 is 5.69 Å². The minimum Gasteiger partial charge on any atom is -0.493 e. The highest BCUT2D eigenvalue weighted by atomic mass is 32.2. The van der Waals surface area contributed by atoms with Crippen LogP contribution in [0.15, 0.2) is 73.2 Å². The Morgan fingerprint density at radius 1 is 1.03 bits per heavy atom. The molecule has 3 aromatic carbocycles. The fourth-order valence-electron chi connectivity index (χ4n) is 3.60. The monoisotopic (exact) mass is 518 g/mol. The summed E-state index contributed by atoms with van der Waals surface area (Å²) >= 11 is 0. The second-order valence-electron chi connectivity index (χ2n) is 7.87. The van der Waals surface area contributed by atoms with E-state index in [-0.39, 0.29) is 11.4 Å².